The number of carbonyl (C=O) groups excluding carboxylic acids is 2. The minimum Gasteiger partial charge on any atom is -0.506 e. The number of nitrogen functional groups attached to an aromatic ring is 1. The van der Waals surface area contributed by atoms with Crippen LogP contribution in [0.5, 0.6) is 11.5 Å². The number of hydrogen-bond acceptors (Lipinski definition) is 5. The number of carbonyl (C=O) groups is 2. The van der Waals surface area contributed by atoms with E-state index in [9.17, 15) is 14.7 Å². The van der Waals surface area contributed by atoms with Crippen molar-refractivity contribution in [2.45, 2.75) is 0 Å². The lowest BCUT2D eigenvalue weighted by Crippen LogP contribution is -2.29. The van der Waals surface area contributed by atoms with Crippen LogP contribution >= 0.6 is 11.6 Å². The average molecular weight is 407 g/mol. The summed E-state index contributed by atoms with van der Waals surface area (Å²) < 4.78 is 5.34. The molecule has 6 nitrogen and oxygen atoms in total. The number of halogens is 1. The van der Waals surface area contributed by atoms with Gasteiger partial charge in [-0.15, -0.1) is 0 Å². The number of amides is 1. The van der Waals surface area contributed by atoms with Gasteiger partial charge in [0.2, 0.25) is 0 Å². The molecule has 0 radical (unpaired) electrons. The summed E-state index contributed by atoms with van der Waals surface area (Å²) in [5.74, 6) is 10.3. The summed E-state index contributed by atoms with van der Waals surface area (Å²) in [4.78, 5) is 23.7. The van der Waals surface area contributed by atoms with E-state index in [2.05, 4.69) is 17.3 Å². The third-order valence-electron chi connectivity index (χ3n) is 3.86. The number of nitrogens with two attached hydrogens (primary N) is 1. The van der Waals surface area contributed by atoms with Crippen molar-refractivity contribution in [3.05, 3.63) is 94.0 Å². The van der Waals surface area contributed by atoms with Crippen molar-refractivity contribution in [2.24, 2.45) is 5.84 Å². The van der Waals surface area contributed by atoms with Gasteiger partial charge in [-0.25, -0.2) is 10.6 Å². The smallest absolute Gasteiger partial charge is 0.343 e. The van der Waals surface area contributed by atoms with E-state index in [1.165, 1.54) is 18.2 Å². The van der Waals surface area contributed by atoms with Crippen molar-refractivity contribution in [1.82, 2.24) is 5.43 Å². The van der Waals surface area contributed by atoms with Crippen molar-refractivity contribution < 1.29 is 19.4 Å². The third-order valence-corrected chi connectivity index (χ3v) is 4.16. The fraction of sp³-hybridized carbons (Fsp3) is 0. The molecule has 1 amide bonds. The molecule has 0 spiro atoms. The molecule has 144 valence electrons. The number of hydrazine groups is 1. The Hall–Kier alpha value is -3.79. The van der Waals surface area contributed by atoms with Gasteiger partial charge in [0.25, 0.3) is 5.91 Å². The van der Waals surface area contributed by atoms with Crippen molar-refractivity contribution >= 4 is 23.5 Å². The highest BCUT2D eigenvalue weighted by Crippen LogP contribution is 2.24. The first kappa shape index (κ1) is 20.0. The summed E-state index contributed by atoms with van der Waals surface area (Å²) in [5, 5.41) is 9.50. The molecule has 0 heterocycles. The van der Waals surface area contributed by atoms with Gasteiger partial charge in [0.15, 0.2) is 0 Å². The molecule has 3 aromatic carbocycles. The summed E-state index contributed by atoms with van der Waals surface area (Å²) in [5.41, 5.74) is 4.06. The number of aromatic hydroxyl groups is 1. The standard InChI is InChI=1S/C22H15ClN2O4/c23-19-13-17(10-11-20(19)26)22(28)29-18-3-1-2-15(12-18)5-4-14-6-8-16(9-7-14)21(27)25-24/h1-3,6-13,26H,24H2,(H,25,27). The van der Waals surface area contributed by atoms with Gasteiger partial charge in [-0.1, -0.05) is 29.5 Å². The van der Waals surface area contributed by atoms with Crippen LogP contribution in [0.2, 0.25) is 5.02 Å². The maximum atomic E-state index is 12.2. The zero-order valence-corrected chi connectivity index (χ0v) is 15.7. The quantitative estimate of drug-likeness (QED) is 0.155. The molecule has 4 N–H and O–H groups in total. The summed E-state index contributed by atoms with van der Waals surface area (Å²) in [6.07, 6.45) is 0. The number of esters is 1. The van der Waals surface area contributed by atoms with Gasteiger partial charge in [-0.2, -0.15) is 0 Å². The van der Waals surface area contributed by atoms with Crippen LogP contribution in [0.25, 0.3) is 0 Å². The van der Waals surface area contributed by atoms with Crippen LogP contribution in [0.1, 0.15) is 31.8 Å². The van der Waals surface area contributed by atoms with Crippen molar-refractivity contribution in [3.63, 3.8) is 0 Å². The summed E-state index contributed by atoms with van der Waals surface area (Å²) >= 11 is 5.82. The predicted molar refractivity (Wildman–Crippen MR) is 109 cm³/mol. The first-order chi connectivity index (χ1) is 14.0. The van der Waals surface area contributed by atoms with Crippen LogP contribution in [0.15, 0.2) is 66.7 Å². The second-order valence-electron chi connectivity index (χ2n) is 5.88. The Labute approximate surface area is 171 Å². The first-order valence-corrected chi connectivity index (χ1v) is 8.78. The highest BCUT2D eigenvalue weighted by molar-refractivity contribution is 6.32. The van der Waals surface area contributed by atoms with Crippen molar-refractivity contribution in [2.75, 3.05) is 0 Å². The van der Waals surface area contributed by atoms with Gasteiger partial charge >= 0.3 is 5.97 Å². The van der Waals surface area contributed by atoms with Crippen molar-refractivity contribution in [3.8, 4) is 23.3 Å². The van der Waals surface area contributed by atoms with E-state index in [-0.39, 0.29) is 22.2 Å². The number of phenols is 1. The zero-order valence-electron chi connectivity index (χ0n) is 15.0. The van der Waals surface area contributed by atoms with Gasteiger partial charge in [0.1, 0.15) is 11.5 Å². The summed E-state index contributed by atoms with van der Waals surface area (Å²) in [6, 6.07) is 17.5. The van der Waals surface area contributed by atoms with Crippen LogP contribution in [-0.4, -0.2) is 17.0 Å². The molecule has 29 heavy (non-hydrogen) atoms. The lowest BCUT2D eigenvalue weighted by molar-refractivity contribution is 0.0734. The highest BCUT2D eigenvalue weighted by Gasteiger charge is 2.11. The van der Waals surface area contributed by atoms with Crippen LogP contribution in [0.4, 0.5) is 0 Å². The predicted octanol–water partition coefficient (Wildman–Crippen LogP) is 3.27. The Bertz CT molecular complexity index is 1130. The Kier molecular flexibility index (Phi) is 6.15. The molecule has 0 saturated carbocycles. The number of ether oxygens (including phenoxy) is 1. The molecule has 0 bridgehead atoms. The second-order valence-corrected chi connectivity index (χ2v) is 6.29. The molecule has 0 fully saturated rings. The topological polar surface area (TPSA) is 102 Å². The van der Waals surface area contributed by atoms with E-state index in [4.69, 9.17) is 22.2 Å². The van der Waals surface area contributed by atoms with Crippen LogP contribution in [-0.2, 0) is 0 Å². The minimum atomic E-state index is -0.606. The Morgan fingerprint density at radius 3 is 2.31 bits per heavy atom. The lowest BCUT2D eigenvalue weighted by atomic mass is 10.1. The van der Waals surface area contributed by atoms with Gasteiger partial charge in [-0.3, -0.25) is 10.2 Å². The third kappa shape index (κ3) is 5.14. The van der Waals surface area contributed by atoms with Gasteiger partial charge in [0, 0.05) is 16.7 Å². The summed E-state index contributed by atoms with van der Waals surface area (Å²) in [7, 11) is 0. The van der Waals surface area contributed by atoms with E-state index in [0.717, 1.165) is 0 Å². The fourth-order valence-corrected chi connectivity index (χ4v) is 2.55. The molecule has 0 unspecified atom stereocenters. The lowest BCUT2D eigenvalue weighted by Gasteiger charge is -2.05. The molecule has 0 saturated heterocycles. The zero-order chi connectivity index (χ0) is 20.8. The highest BCUT2D eigenvalue weighted by atomic mass is 35.5. The molecule has 0 aliphatic carbocycles. The SMILES string of the molecule is NNC(=O)c1ccc(C#Cc2cccc(OC(=O)c3ccc(O)c(Cl)c3)c2)cc1. The van der Waals surface area contributed by atoms with E-state index in [1.54, 1.807) is 48.5 Å². The molecule has 0 aromatic heterocycles. The van der Waals surface area contributed by atoms with Crippen LogP contribution in [0, 0.1) is 11.8 Å². The van der Waals surface area contributed by atoms with Gasteiger partial charge in [-0.05, 0) is 60.7 Å². The molecule has 3 rings (SSSR count). The fourth-order valence-electron chi connectivity index (χ4n) is 2.37. The molecular formula is C22H15ClN2O4. The van der Waals surface area contributed by atoms with Crippen molar-refractivity contribution in [1.29, 1.82) is 0 Å². The number of nitrogens with one attached hydrogen (secondary N) is 1. The first-order valence-electron chi connectivity index (χ1n) is 8.40. The number of benzene rings is 3. The molecule has 0 aliphatic heterocycles. The van der Waals surface area contributed by atoms with Crippen LogP contribution in [0.3, 0.4) is 0 Å². The van der Waals surface area contributed by atoms with Crippen LogP contribution < -0.4 is 16.0 Å². The average Bonchev–Trinajstić information content (AvgIpc) is 2.74. The maximum Gasteiger partial charge on any atom is 0.343 e. The Balaban J connectivity index is 1.73. The monoisotopic (exact) mass is 406 g/mol. The maximum absolute atomic E-state index is 12.2. The Morgan fingerprint density at radius 2 is 1.62 bits per heavy atom. The van der Waals surface area contributed by atoms with Gasteiger partial charge < -0.3 is 9.84 Å². The van der Waals surface area contributed by atoms with E-state index >= 15 is 0 Å². The molecule has 0 aliphatic rings. The minimum absolute atomic E-state index is 0.0639. The summed E-state index contributed by atoms with van der Waals surface area (Å²) in [6.45, 7) is 0. The second kappa shape index (κ2) is 8.93. The number of hydrogen-bond donors (Lipinski definition) is 3. The molecular weight excluding hydrogens is 392 g/mol. The van der Waals surface area contributed by atoms with E-state index in [0.29, 0.717) is 22.4 Å². The molecule has 0 atom stereocenters. The van der Waals surface area contributed by atoms with E-state index < -0.39 is 5.97 Å². The number of rotatable bonds is 3. The molecule has 3 aromatic rings. The number of phenolic OH excluding ortho intramolecular Hbond substituents is 1. The normalized spacial score (nSPS) is 9.86. The Morgan fingerprint density at radius 1 is 0.931 bits per heavy atom. The molecule has 7 heteroatoms. The van der Waals surface area contributed by atoms with E-state index in [1.807, 2.05) is 0 Å². The van der Waals surface area contributed by atoms with Gasteiger partial charge in [0.05, 0.1) is 10.6 Å². The largest absolute Gasteiger partial charge is 0.506 e.